The average molecular weight is 325 g/mol. The second kappa shape index (κ2) is 8.11. The molecule has 0 atom stereocenters. The Kier molecular flexibility index (Phi) is 6.79. The summed E-state index contributed by atoms with van der Waals surface area (Å²) < 4.78 is 41.4. The van der Waals surface area contributed by atoms with Gasteiger partial charge in [0.25, 0.3) is 0 Å². The van der Waals surface area contributed by atoms with E-state index in [9.17, 15) is 13.2 Å². The summed E-state index contributed by atoms with van der Waals surface area (Å²) in [6.45, 7) is 6.21. The number of rotatable bonds is 8. The Morgan fingerprint density at radius 3 is 2.29 bits per heavy atom. The van der Waals surface area contributed by atoms with Crippen LogP contribution in [0.25, 0.3) is 0 Å². The van der Waals surface area contributed by atoms with Gasteiger partial charge in [-0.15, -0.1) is 0 Å². The number of alkyl halides is 3. The second-order valence-electron chi connectivity index (χ2n) is 4.18. The van der Waals surface area contributed by atoms with Crippen LogP contribution < -0.4 is 15.4 Å². The van der Waals surface area contributed by atoms with Gasteiger partial charge < -0.3 is 15.4 Å². The minimum atomic E-state index is -4.23. The maximum Gasteiger partial charge on any atom is 0.441 e. The van der Waals surface area contributed by atoms with Gasteiger partial charge in [0.2, 0.25) is 11.9 Å². The highest BCUT2D eigenvalue weighted by Crippen LogP contribution is 2.29. The molecule has 0 aliphatic rings. The molecule has 10 heteroatoms. The van der Waals surface area contributed by atoms with Crippen LogP contribution in [0.2, 0.25) is 0 Å². The summed E-state index contributed by atoms with van der Waals surface area (Å²) in [5.74, 6) is 0.361. The van der Waals surface area contributed by atoms with Crippen molar-refractivity contribution in [3.8, 4) is 6.01 Å². The van der Waals surface area contributed by atoms with Crippen LogP contribution in [0, 0.1) is 0 Å². The molecule has 0 saturated carbocycles. The normalized spacial score (nSPS) is 11.6. The van der Waals surface area contributed by atoms with Crippen molar-refractivity contribution in [1.29, 1.82) is 0 Å². The quantitative estimate of drug-likeness (QED) is 0.712. The van der Waals surface area contributed by atoms with Gasteiger partial charge >= 0.3 is 11.5 Å². The van der Waals surface area contributed by atoms with E-state index in [1.807, 2.05) is 20.8 Å². The van der Waals surface area contributed by atoms with Crippen LogP contribution in [-0.2, 0) is 0 Å². The van der Waals surface area contributed by atoms with Crippen molar-refractivity contribution < 1.29 is 17.9 Å². The fourth-order valence-corrected chi connectivity index (χ4v) is 1.70. The lowest BCUT2D eigenvalue weighted by molar-refractivity contribution is -0.0327. The summed E-state index contributed by atoms with van der Waals surface area (Å²) in [5, 5.41) is 5.64. The van der Waals surface area contributed by atoms with Gasteiger partial charge in [-0.1, -0.05) is 0 Å². The zero-order chi connectivity index (χ0) is 15.9. The molecule has 0 aromatic carbocycles. The predicted octanol–water partition coefficient (Wildman–Crippen LogP) is 2.76. The summed E-state index contributed by atoms with van der Waals surface area (Å²) >= 11 is -0.0984. The summed E-state index contributed by atoms with van der Waals surface area (Å²) in [7, 11) is 0. The molecule has 0 amide bonds. The molecule has 0 aliphatic carbocycles. The van der Waals surface area contributed by atoms with Crippen molar-refractivity contribution in [2.75, 3.05) is 29.5 Å². The Balaban J connectivity index is 2.64. The smallest absolute Gasteiger partial charge is 0.441 e. The average Bonchev–Trinajstić information content (AvgIpc) is 2.33. The number of anilines is 2. The summed E-state index contributed by atoms with van der Waals surface area (Å²) in [6, 6.07) is 0.127. The van der Waals surface area contributed by atoms with E-state index in [1.54, 1.807) is 0 Å². The van der Waals surface area contributed by atoms with Gasteiger partial charge in [-0.3, -0.25) is 0 Å². The summed E-state index contributed by atoms with van der Waals surface area (Å²) in [4.78, 5) is 12.1. The van der Waals surface area contributed by atoms with E-state index in [4.69, 9.17) is 4.74 Å². The summed E-state index contributed by atoms with van der Waals surface area (Å²) in [6.07, 6.45) is -0.115. The lowest BCUT2D eigenvalue weighted by Crippen LogP contribution is -2.15. The first-order chi connectivity index (χ1) is 9.80. The molecule has 1 heterocycles. The third-order valence-corrected chi connectivity index (χ3v) is 2.68. The lowest BCUT2D eigenvalue weighted by Gasteiger charge is -2.12. The Hall–Kier alpha value is -1.45. The standard InChI is InChI=1S/C11H18F3N5OS/c1-4-15-8-17-9(16-5-6-21-11(12,13)14)19-10(18-8)20-7(2)3/h7H,4-6H2,1-3H3,(H2,15,16,17,18,19). The van der Waals surface area contributed by atoms with Crippen LogP contribution in [0.3, 0.4) is 0 Å². The highest BCUT2D eigenvalue weighted by Gasteiger charge is 2.27. The number of thioether (sulfide) groups is 1. The molecule has 2 N–H and O–H groups in total. The Morgan fingerprint density at radius 2 is 1.76 bits per heavy atom. The van der Waals surface area contributed by atoms with Gasteiger partial charge in [0, 0.05) is 18.8 Å². The van der Waals surface area contributed by atoms with Crippen molar-refractivity contribution in [2.45, 2.75) is 32.4 Å². The molecule has 1 rings (SSSR count). The Labute approximate surface area is 125 Å². The fraction of sp³-hybridized carbons (Fsp3) is 0.727. The van der Waals surface area contributed by atoms with Crippen LogP contribution in [0.1, 0.15) is 20.8 Å². The van der Waals surface area contributed by atoms with E-state index in [0.717, 1.165) is 0 Å². The molecule has 0 radical (unpaired) electrons. The fourth-order valence-electron chi connectivity index (χ4n) is 1.27. The minimum absolute atomic E-state index is 0.0842. The number of aromatic nitrogens is 3. The van der Waals surface area contributed by atoms with E-state index >= 15 is 0 Å². The van der Waals surface area contributed by atoms with E-state index in [0.29, 0.717) is 12.5 Å². The van der Waals surface area contributed by atoms with Gasteiger partial charge in [-0.05, 0) is 32.5 Å². The zero-order valence-electron chi connectivity index (χ0n) is 12.0. The first-order valence-corrected chi connectivity index (χ1v) is 7.40. The first kappa shape index (κ1) is 17.6. The molecule has 120 valence electrons. The molecule has 21 heavy (non-hydrogen) atoms. The van der Waals surface area contributed by atoms with Crippen LogP contribution in [0.4, 0.5) is 25.1 Å². The molecule has 1 aromatic rings. The van der Waals surface area contributed by atoms with Gasteiger partial charge in [0.05, 0.1) is 6.10 Å². The van der Waals surface area contributed by atoms with Crippen LogP contribution in [0.5, 0.6) is 6.01 Å². The highest BCUT2D eigenvalue weighted by atomic mass is 32.2. The third-order valence-electron chi connectivity index (χ3n) is 1.94. The molecule has 0 aliphatic heterocycles. The highest BCUT2D eigenvalue weighted by molar-refractivity contribution is 8.00. The number of halogens is 3. The number of ether oxygens (including phenoxy) is 1. The summed E-state index contributed by atoms with van der Waals surface area (Å²) in [5.41, 5.74) is -4.23. The molecule has 0 saturated heterocycles. The maximum absolute atomic E-state index is 12.0. The Bertz CT molecular complexity index is 444. The predicted molar refractivity (Wildman–Crippen MR) is 76.8 cm³/mol. The maximum atomic E-state index is 12.0. The Morgan fingerprint density at radius 1 is 1.14 bits per heavy atom. The van der Waals surface area contributed by atoms with E-state index in [-0.39, 0.29) is 42.1 Å². The van der Waals surface area contributed by atoms with Crippen molar-refractivity contribution in [3.63, 3.8) is 0 Å². The van der Waals surface area contributed by atoms with E-state index in [2.05, 4.69) is 25.6 Å². The number of hydrogen-bond donors (Lipinski definition) is 2. The van der Waals surface area contributed by atoms with E-state index < -0.39 is 5.51 Å². The van der Waals surface area contributed by atoms with Crippen molar-refractivity contribution in [1.82, 2.24) is 15.0 Å². The van der Waals surface area contributed by atoms with Gasteiger partial charge in [-0.25, -0.2) is 0 Å². The topological polar surface area (TPSA) is 72.0 Å². The van der Waals surface area contributed by atoms with Crippen LogP contribution in [-0.4, -0.2) is 45.4 Å². The monoisotopic (exact) mass is 325 g/mol. The number of nitrogens with zero attached hydrogens (tertiary/aromatic N) is 3. The molecule has 6 nitrogen and oxygen atoms in total. The molecule has 0 bridgehead atoms. The number of nitrogens with one attached hydrogen (secondary N) is 2. The van der Waals surface area contributed by atoms with Crippen molar-refractivity contribution in [3.05, 3.63) is 0 Å². The first-order valence-electron chi connectivity index (χ1n) is 6.41. The molecule has 1 aromatic heterocycles. The van der Waals surface area contributed by atoms with Gasteiger partial charge in [0.15, 0.2) is 0 Å². The van der Waals surface area contributed by atoms with Crippen LogP contribution >= 0.6 is 11.8 Å². The molecular formula is C11H18F3N5OS. The van der Waals surface area contributed by atoms with Gasteiger partial charge in [0.1, 0.15) is 0 Å². The molecule has 0 spiro atoms. The van der Waals surface area contributed by atoms with Crippen molar-refractivity contribution in [2.24, 2.45) is 0 Å². The van der Waals surface area contributed by atoms with E-state index in [1.165, 1.54) is 0 Å². The molecular weight excluding hydrogens is 307 g/mol. The molecule has 0 unspecified atom stereocenters. The zero-order valence-corrected chi connectivity index (χ0v) is 12.8. The number of hydrogen-bond acceptors (Lipinski definition) is 7. The second-order valence-corrected chi connectivity index (χ2v) is 5.34. The molecule has 0 fully saturated rings. The van der Waals surface area contributed by atoms with Crippen molar-refractivity contribution >= 4 is 23.7 Å². The largest absolute Gasteiger partial charge is 0.461 e. The minimum Gasteiger partial charge on any atom is -0.461 e. The lowest BCUT2D eigenvalue weighted by atomic mass is 10.5. The SMILES string of the molecule is CCNc1nc(NCCSC(F)(F)F)nc(OC(C)C)n1. The van der Waals surface area contributed by atoms with Gasteiger partial charge in [-0.2, -0.15) is 28.1 Å². The van der Waals surface area contributed by atoms with Crippen LogP contribution in [0.15, 0.2) is 0 Å². The third kappa shape index (κ3) is 7.78.